The molecule has 0 aromatic heterocycles. The fourth-order valence-corrected chi connectivity index (χ4v) is 3.84. The van der Waals surface area contributed by atoms with Crippen molar-refractivity contribution in [3.63, 3.8) is 0 Å². The first-order chi connectivity index (χ1) is 12.4. The third-order valence-electron chi connectivity index (χ3n) is 5.42. The molecule has 1 unspecified atom stereocenters. The van der Waals surface area contributed by atoms with E-state index in [-0.39, 0.29) is 36.8 Å². The van der Waals surface area contributed by atoms with Crippen LogP contribution in [0.2, 0.25) is 0 Å². The molecule has 5 nitrogen and oxygen atoms in total. The van der Waals surface area contributed by atoms with Crippen LogP contribution in [0.4, 0.5) is 5.69 Å². The molecule has 1 aliphatic heterocycles. The second kappa shape index (κ2) is 8.11. The van der Waals surface area contributed by atoms with Crippen LogP contribution in [0.1, 0.15) is 57.9 Å². The van der Waals surface area contributed by atoms with Crippen LogP contribution in [0.25, 0.3) is 0 Å². The van der Waals surface area contributed by atoms with Crippen molar-refractivity contribution in [3.05, 3.63) is 23.8 Å². The number of nitrogens with one attached hydrogen (secondary N) is 1. The van der Waals surface area contributed by atoms with Crippen molar-refractivity contribution in [2.24, 2.45) is 5.92 Å². The molecule has 1 saturated carbocycles. The Morgan fingerprint density at radius 1 is 1.15 bits per heavy atom. The van der Waals surface area contributed by atoms with Gasteiger partial charge in [-0.05, 0) is 63.1 Å². The van der Waals surface area contributed by atoms with E-state index in [1.54, 1.807) is 4.90 Å². The SMILES string of the molecule is Cc1ccc2c(c1)N(C(=O)CCC(=O)NC1CCC(C)CC1)CC(C)O2. The quantitative estimate of drug-likeness (QED) is 0.895. The number of amides is 2. The summed E-state index contributed by atoms with van der Waals surface area (Å²) in [7, 11) is 0. The molecule has 1 aliphatic carbocycles. The molecule has 2 aliphatic rings. The predicted octanol–water partition coefficient (Wildman–Crippen LogP) is 3.58. The van der Waals surface area contributed by atoms with Gasteiger partial charge in [-0.3, -0.25) is 9.59 Å². The highest BCUT2D eigenvalue weighted by atomic mass is 16.5. The van der Waals surface area contributed by atoms with Crippen LogP contribution in [0, 0.1) is 12.8 Å². The maximum Gasteiger partial charge on any atom is 0.227 e. The smallest absolute Gasteiger partial charge is 0.227 e. The largest absolute Gasteiger partial charge is 0.487 e. The highest BCUT2D eigenvalue weighted by Gasteiger charge is 2.28. The molecule has 0 radical (unpaired) electrons. The van der Waals surface area contributed by atoms with Crippen LogP contribution in [-0.2, 0) is 9.59 Å². The molecule has 1 fully saturated rings. The second-order valence-corrected chi connectivity index (χ2v) is 7.93. The van der Waals surface area contributed by atoms with Gasteiger partial charge in [0.15, 0.2) is 0 Å². The Morgan fingerprint density at radius 2 is 1.88 bits per heavy atom. The Kier molecular flexibility index (Phi) is 5.84. The van der Waals surface area contributed by atoms with Gasteiger partial charge in [-0.2, -0.15) is 0 Å². The first-order valence-corrected chi connectivity index (χ1v) is 9.79. The van der Waals surface area contributed by atoms with Crippen LogP contribution >= 0.6 is 0 Å². The van der Waals surface area contributed by atoms with Gasteiger partial charge in [0.1, 0.15) is 11.9 Å². The number of hydrogen-bond acceptors (Lipinski definition) is 3. The Morgan fingerprint density at radius 3 is 2.62 bits per heavy atom. The van der Waals surface area contributed by atoms with E-state index >= 15 is 0 Å². The number of ether oxygens (including phenoxy) is 1. The topological polar surface area (TPSA) is 58.6 Å². The summed E-state index contributed by atoms with van der Waals surface area (Å²) >= 11 is 0. The lowest BCUT2D eigenvalue weighted by molar-refractivity contribution is -0.126. The number of carbonyl (C=O) groups is 2. The summed E-state index contributed by atoms with van der Waals surface area (Å²) in [4.78, 5) is 26.8. The van der Waals surface area contributed by atoms with E-state index in [0.29, 0.717) is 6.54 Å². The molecule has 2 amide bonds. The van der Waals surface area contributed by atoms with E-state index in [1.165, 1.54) is 12.8 Å². The number of fused-ring (bicyclic) bond motifs is 1. The van der Waals surface area contributed by atoms with Crippen molar-refractivity contribution >= 4 is 17.5 Å². The Hall–Kier alpha value is -2.04. The maximum absolute atomic E-state index is 12.7. The van der Waals surface area contributed by atoms with Crippen molar-refractivity contribution in [2.45, 2.75) is 71.4 Å². The van der Waals surface area contributed by atoms with Crippen LogP contribution < -0.4 is 15.0 Å². The molecule has 0 saturated heterocycles. The highest BCUT2D eigenvalue weighted by Crippen LogP contribution is 2.34. The molecule has 1 aromatic carbocycles. The Labute approximate surface area is 156 Å². The van der Waals surface area contributed by atoms with Gasteiger partial charge in [-0.25, -0.2) is 0 Å². The number of hydrogen-bond donors (Lipinski definition) is 1. The maximum atomic E-state index is 12.7. The highest BCUT2D eigenvalue weighted by molar-refractivity contribution is 5.97. The van der Waals surface area contributed by atoms with E-state index in [4.69, 9.17) is 4.74 Å². The molecule has 1 atom stereocenters. The van der Waals surface area contributed by atoms with Gasteiger partial charge in [0.25, 0.3) is 0 Å². The normalized spacial score (nSPS) is 25.2. The van der Waals surface area contributed by atoms with Gasteiger partial charge in [0, 0.05) is 18.9 Å². The number of anilines is 1. The molecule has 0 spiro atoms. The lowest BCUT2D eigenvalue weighted by Gasteiger charge is -2.34. The van der Waals surface area contributed by atoms with Crippen LogP contribution in [0.3, 0.4) is 0 Å². The van der Waals surface area contributed by atoms with Crippen molar-refractivity contribution in [3.8, 4) is 5.75 Å². The van der Waals surface area contributed by atoms with Gasteiger partial charge >= 0.3 is 0 Å². The summed E-state index contributed by atoms with van der Waals surface area (Å²) in [5.74, 6) is 1.48. The summed E-state index contributed by atoms with van der Waals surface area (Å²) in [6.45, 7) is 6.75. The number of carbonyl (C=O) groups excluding carboxylic acids is 2. The first kappa shape index (κ1) is 18.7. The monoisotopic (exact) mass is 358 g/mol. The number of benzene rings is 1. The molecule has 1 heterocycles. The van der Waals surface area contributed by atoms with Crippen molar-refractivity contribution in [2.75, 3.05) is 11.4 Å². The lowest BCUT2D eigenvalue weighted by Crippen LogP contribution is -2.43. The minimum Gasteiger partial charge on any atom is -0.487 e. The van der Waals surface area contributed by atoms with Gasteiger partial charge in [0.05, 0.1) is 12.2 Å². The summed E-state index contributed by atoms with van der Waals surface area (Å²) in [5.41, 5.74) is 1.90. The number of rotatable bonds is 4. The third-order valence-corrected chi connectivity index (χ3v) is 5.42. The van der Waals surface area contributed by atoms with Crippen molar-refractivity contribution < 1.29 is 14.3 Å². The summed E-state index contributed by atoms with van der Waals surface area (Å²) in [6.07, 6.45) is 4.87. The van der Waals surface area contributed by atoms with Gasteiger partial charge in [-0.1, -0.05) is 13.0 Å². The Balaban J connectivity index is 1.55. The molecule has 26 heavy (non-hydrogen) atoms. The Bertz CT molecular complexity index is 665. The zero-order chi connectivity index (χ0) is 18.7. The first-order valence-electron chi connectivity index (χ1n) is 9.79. The standard InChI is InChI=1S/C21H30N2O3/c1-14-4-7-17(8-5-14)22-20(24)10-11-21(25)23-13-16(3)26-19-9-6-15(2)12-18(19)23/h6,9,12,14,16-17H,4-5,7-8,10-11,13H2,1-3H3,(H,22,24). The summed E-state index contributed by atoms with van der Waals surface area (Å²) in [5, 5.41) is 3.10. The van der Waals surface area contributed by atoms with E-state index in [9.17, 15) is 9.59 Å². The van der Waals surface area contributed by atoms with Crippen LogP contribution in [-0.4, -0.2) is 30.5 Å². The molecule has 1 N–H and O–H groups in total. The number of nitrogens with zero attached hydrogens (tertiary/aromatic N) is 1. The fourth-order valence-electron chi connectivity index (χ4n) is 3.84. The molecule has 1 aromatic rings. The van der Waals surface area contributed by atoms with E-state index in [2.05, 4.69) is 12.2 Å². The molecule has 3 rings (SSSR count). The number of aryl methyl sites for hydroxylation is 1. The summed E-state index contributed by atoms with van der Waals surface area (Å²) in [6, 6.07) is 6.15. The minimum atomic E-state index is -0.0489. The predicted molar refractivity (Wildman–Crippen MR) is 102 cm³/mol. The van der Waals surface area contributed by atoms with Crippen LogP contribution in [0.5, 0.6) is 5.75 Å². The average Bonchev–Trinajstić information content (AvgIpc) is 2.61. The second-order valence-electron chi connectivity index (χ2n) is 7.93. The third kappa shape index (κ3) is 4.57. The van der Waals surface area contributed by atoms with E-state index in [1.807, 2.05) is 32.0 Å². The van der Waals surface area contributed by atoms with Gasteiger partial charge in [0.2, 0.25) is 11.8 Å². The zero-order valence-corrected chi connectivity index (χ0v) is 16.1. The molecular weight excluding hydrogens is 328 g/mol. The molecule has 142 valence electrons. The van der Waals surface area contributed by atoms with Crippen LogP contribution in [0.15, 0.2) is 18.2 Å². The van der Waals surface area contributed by atoms with E-state index in [0.717, 1.165) is 35.8 Å². The molecular formula is C21H30N2O3. The molecule has 0 bridgehead atoms. The fraction of sp³-hybridized carbons (Fsp3) is 0.619. The van der Waals surface area contributed by atoms with Gasteiger partial charge < -0.3 is 15.0 Å². The zero-order valence-electron chi connectivity index (χ0n) is 16.1. The van der Waals surface area contributed by atoms with Crippen molar-refractivity contribution in [1.29, 1.82) is 0 Å². The minimum absolute atomic E-state index is 0.0105. The molecule has 5 heteroatoms. The van der Waals surface area contributed by atoms with Gasteiger partial charge in [-0.15, -0.1) is 0 Å². The average molecular weight is 358 g/mol. The van der Waals surface area contributed by atoms with E-state index < -0.39 is 0 Å². The summed E-state index contributed by atoms with van der Waals surface area (Å²) < 4.78 is 5.83. The van der Waals surface area contributed by atoms with Crippen molar-refractivity contribution in [1.82, 2.24) is 5.32 Å². The lowest BCUT2D eigenvalue weighted by atomic mass is 9.87.